The van der Waals surface area contributed by atoms with Gasteiger partial charge in [0.05, 0.1) is 18.3 Å². The van der Waals surface area contributed by atoms with Crippen LogP contribution in [0.3, 0.4) is 0 Å². The summed E-state index contributed by atoms with van der Waals surface area (Å²) in [6.45, 7) is 7.09. The van der Waals surface area contributed by atoms with Crippen molar-refractivity contribution in [3.8, 4) is 11.1 Å². The Hall–Kier alpha value is -2.69. The van der Waals surface area contributed by atoms with Crippen LogP contribution in [0.4, 0.5) is 0 Å². The van der Waals surface area contributed by atoms with Crippen LogP contribution >= 0.6 is 0 Å². The molecule has 162 valence electrons. The molecule has 0 spiro atoms. The fraction of sp³-hybridized carbons (Fsp3) is 0.370. The largest absolute Gasteiger partial charge is 0.462 e. The highest BCUT2D eigenvalue weighted by Gasteiger charge is 2.33. The Kier molecular flexibility index (Phi) is 6.12. The third-order valence-electron chi connectivity index (χ3n) is 6.23. The van der Waals surface area contributed by atoms with Gasteiger partial charge in [0.15, 0.2) is 0 Å². The molecular formula is C27H30O4. The van der Waals surface area contributed by atoms with Crippen molar-refractivity contribution in [3.05, 3.63) is 71.3 Å². The number of methoxy groups -OCH3 is 1. The molecule has 0 aliphatic heterocycles. The summed E-state index contributed by atoms with van der Waals surface area (Å²) in [5.41, 5.74) is 5.63. The molecule has 3 aromatic rings. The van der Waals surface area contributed by atoms with E-state index in [1.807, 2.05) is 25.1 Å². The van der Waals surface area contributed by atoms with Gasteiger partial charge in [-0.05, 0) is 82.5 Å². The molecule has 4 heteroatoms. The molecule has 1 aliphatic rings. The van der Waals surface area contributed by atoms with E-state index >= 15 is 0 Å². The summed E-state index contributed by atoms with van der Waals surface area (Å²) in [5.74, 6) is -0.284. The molecule has 0 saturated carbocycles. The summed E-state index contributed by atoms with van der Waals surface area (Å²) < 4.78 is 16.3. The first-order chi connectivity index (χ1) is 14.9. The molecule has 1 aliphatic carbocycles. The lowest BCUT2D eigenvalue weighted by Crippen LogP contribution is -2.27. The van der Waals surface area contributed by atoms with E-state index in [-0.39, 0.29) is 17.5 Å². The lowest BCUT2D eigenvalue weighted by Gasteiger charge is -2.37. The normalized spacial score (nSPS) is 17.4. The molecule has 4 nitrogen and oxygen atoms in total. The smallest absolute Gasteiger partial charge is 0.338 e. The summed E-state index contributed by atoms with van der Waals surface area (Å²) in [7, 11) is 1.66. The molecule has 0 bridgehead atoms. The number of fused-ring (bicyclic) bond motifs is 2. The van der Waals surface area contributed by atoms with Gasteiger partial charge in [0, 0.05) is 7.11 Å². The van der Waals surface area contributed by atoms with E-state index in [0.717, 1.165) is 29.2 Å². The van der Waals surface area contributed by atoms with E-state index < -0.39 is 0 Å². The van der Waals surface area contributed by atoms with Gasteiger partial charge in [-0.3, -0.25) is 0 Å². The fourth-order valence-electron chi connectivity index (χ4n) is 4.50. The van der Waals surface area contributed by atoms with Crippen molar-refractivity contribution in [2.45, 2.75) is 45.1 Å². The van der Waals surface area contributed by atoms with E-state index in [2.05, 4.69) is 50.2 Å². The third-order valence-corrected chi connectivity index (χ3v) is 6.23. The van der Waals surface area contributed by atoms with Crippen molar-refractivity contribution in [1.29, 1.82) is 0 Å². The molecule has 3 aromatic carbocycles. The number of ether oxygens (including phenoxy) is 3. The lowest BCUT2D eigenvalue weighted by atomic mass is 9.71. The molecule has 0 heterocycles. The average molecular weight is 419 g/mol. The molecule has 1 unspecified atom stereocenters. The SMILES string of the molecule is CCOC(=O)c1ccc2cc(-c3ccc4c(c3)C(OCOC)CCC4(C)C)ccc2c1. The van der Waals surface area contributed by atoms with Crippen molar-refractivity contribution in [2.24, 2.45) is 0 Å². The number of benzene rings is 3. The first-order valence-corrected chi connectivity index (χ1v) is 10.9. The van der Waals surface area contributed by atoms with E-state index in [4.69, 9.17) is 14.2 Å². The van der Waals surface area contributed by atoms with Crippen LogP contribution in [-0.2, 0) is 19.6 Å². The second-order valence-corrected chi connectivity index (χ2v) is 8.78. The maximum atomic E-state index is 12.0. The summed E-state index contributed by atoms with van der Waals surface area (Å²) in [6.07, 6.45) is 2.13. The first-order valence-electron chi connectivity index (χ1n) is 10.9. The Morgan fingerprint density at radius 3 is 2.48 bits per heavy atom. The topological polar surface area (TPSA) is 44.8 Å². The van der Waals surface area contributed by atoms with E-state index in [0.29, 0.717) is 19.0 Å². The molecular weight excluding hydrogens is 388 g/mol. The average Bonchev–Trinajstić information content (AvgIpc) is 2.78. The summed E-state index contributed by atoms with van der Waals surface area (Å²) in [4.78, 5) is 12.0. The predicted molar refractivity (Wildman–Crippen MR) is 123 cm³/mol. The van der Waals surface area contributed by atoms with Crippen molar-refractivity contribution >= 4 is 16.7 Å². The number of hydrogen-bond donors (Lipinski definition) is 0. The molecule has 31 heavy (non-hydrogen) atoms. The van der Waals surface area contributed by atoms with Crippen LogP contribution in [0.15, 0.2) is 54.6 Å². The van der Waals surface area contributed by atoms with Gasteiger partial charge < -0.3 is 14.2 Å². The maximum absolute atomic E-state index is 12.0. The molecule has 4 rings (SSSR count). The Morgan fingerprint density at radius 1 is 1.00 bits per heavy atom. The van der Waals surface area contributed by atoms with Crippen molar-refractivity contribution in [2.75, 3.05) is 20.5 Å². The highest BCUT2D eigenvalue weighted by Crippen LogP contribution is 2.44. The van der Waals surface area contributed by atoms with Crippen LogP contribution < -0.4 is 0 Å². The Balaban J connectivity index is 1.70. The predicted octanol–water partition coefficient (Wildman–Crippen LogP) is 6.42. The quantitative estimate of drug-likeness (QED) is 0.342. The number of hydrogen-bond acceptors (Lipinski definition) is 4. The molecule has 0 radical (unpaired) electrons. The minimum atomic E-state index is -0.284. The van der Waals surface area contributed by atoms with Crippen molar-refractivity contribution in [1.82, 2.24) is 0 Å². The van der Waals surface area contributed by atoms with Crippen molar-refractivity contribution in [3.63, 3.8) is 0 Å². The minimum absolute atomic E-state index is 0.0514. The van der Waals surface area contributed by atoms with E-state index in [1.165, 1.54) is 16.7 Å². The molecule has 1 atom stereocenters. The number of esters is 1. The van der Waals surface area contributed by atoms with Gasteiger partial charge in [0.25, 0.3) is 0 Å². The number of carbonyl (C=O) groups excluding carboxylic acids is 1. The van der Waals surface area contributed by atoms with Crippen LogP contribution in [0.25, 0.3) is 21.9 Å². The van der Waals surface area contributed by atoms with Crippen LogP contribution in [-0.4, -0.2) is 26.5 Å². The zero-order chi connectivity index (χ0) is 22.0. The molecule has 0 fully saturated rings. The monoisotopic (exact) mass is 418 g/mol. The third kappa shape index (κ3) is 4.36. The summed E-state index contributed by atoms with van der Waals surface area (Å²) >= 11 is 0. The standard InChI is InChI=1S/C27H30O4/c1-5-30-26(28)22-9-8-18-14-19(6-7-20(18)15-22)21-10-11-24-23(16-21)25(31-17-29-4)12-13-27(24,2)3/h6-11,14-16,25H,5,12-13,17H2,1-4H3. The van der Waals surface area contributed by atoms with Gasteiger partial charge in [0.2, 0.25) is 0 Å². The van der Waals surface area contributed by atoms with Gasteiger partial charge >= 0.3 is 5.97 Å². The lowest BCUT2D eigenvalue weighted by molar-refractivity contribution is -0.0808. The van der Waals surface area contributed by atoms with Crippen LogP contribution in [0, 0.1) is 0 Å². The second-order valence-electron chi connectivity index (χ2n) is 8.78. The van der Waals surface area contributed by atoms with Crippen LogP contribution in [0.5, 0.6) is 0 Å². The van der Waals surface area contributed by atoms with Crippen LogP contribution in [0.1, 0.15) is 61.2 Å². The fourth-order valence-corrected chi connectivity index (χ4v) is 4.50. The van der Waals surface area contributed by atoms with E-state index in [9.17, 15) is 4.79 Å². The summed E-state index contributed by atoms with van der Waals surface area (Å²) in [6, 6.07) is 18.8. The minimum Gasteiger partial charge on any atom is -0.462 e. The van der Waals surface area contributed by atoms with Gasteiger partial charge in [-0.15, -0.1) is 0 Å². The number of rotatable bonds is 6. The van der Waals surface area contributed by atoms with Crippen molar-refractivity contribution < 1.29 is 19.0 Å². The molecule has 0 saturated heterocycles. The highest BCUT2D eigenvalue weighted by molar-refractivity contribution is 5.96. The van der Waals surface area contributed by atoms with Gasteiger partial charge in [0.1, 0.15) is 6.79 Å². The summed E-state index contributed by atoms with van der Waals surface area (Å²) in [5, 5.41) is 2.12. The van der Waals surface area contributed by atoms with Gasteiger partial charge in [-0.2, -0.15) is 0 Å². The first kappa shape index (κ1) is 21.5. The zero-order valence-corrected chi connectivity index (χ0v) is 18.7. The van der Waals surface area contributed by atoms with Gasteiger partial charge in [-0.1, -0.05) is 44.2 Å². The second kappa shape index (κ2) is 8.81. The Bertz CT molecular complexity index is 1100. The molecule has 0 N–H and O–H groups in total. The Morgan fingerprint density at radius 2 is 1.71 bits per heavy atom. The maximum Gasteiger partial charge on any atom is 0.338 e. The Labute approximate surface area is 184 Å². The van der Waals surface area contributed by atoms with Gasteiger partial charge in [-0.25, -0.2) is 4.79 Å². The van der Waals surface area contributed by atoms with Crippen LogP contribution in [0.2, 0.25) is 0 Å². The highest BCUT2D eigenvalue weighted by atomic mass is 16.7. The molecule has 0 aromatic heterocycles. The zero-order valence-electron chi connectivity index (χ0n) is 18.7. The van der Waals surface area contributed by atoms with E-state index in [1.54, 1.807) is 7.11 Å². The molecule has 0 amide bonds. The number of carbonyl (C=O) groups is 1.